The molecule has 10 heteroatoms. The third kappa shape index (κ3) is 6.31. The van der Waals surface area contributed by atoms with E-state index >= 15 is 0 Å². The molecular formula is C24H24F3N4O3+. The average molecular weight is 473 g/mol. The van der Waals surface area contributed by atoms with Gasteiger partial charge in [-0.3, -0.25) is 4.79 Å². The van der Waals surface area contributed by atoms with Crippen LogP contribution in [0.15, 0.2) is 69.9 Å². The first-order valence-corrected chi connectivity index (χ1v) is 10.3. The Morgan fingerprint density at radius 1 is 1.24 bits per heavy atom. The fourth-order valence-corrected chi connectivity index (χ4v) is 3.30. The lowest BCUT2D eigenvalue weighted by Gasteiger charge is -2.09. The van der Waals surface area contributed by atoms with Crippen molar-refractivity contribution < 1.29 is 31.7 Å². The van der Waals surface area contributed by atoms with Gasteiger partial charge in [-0.25, -0.2) is 0 Å². The van der Waals surface area contributed by atoms with Gasteiger partial charge in [0.15, 0.2) is 11.8 Å². The predicted octanol–water partition coefficient (Wildman–Crippen LogP) is 4.98. The number of rotatable bonds is 8. The topological polar surface area (TPSA) is 85.0 Å². The smallest absolute Gasteiger partial charge is 0.361 e. The van der Waals surface area contributed by atoms with Crippen LogP contribution < -0.4 is 10.00 Å². The summed E-state index contributed by atoms with van der Waals surface area (Å²) in [4.78, 5) is 12.2. The highest BCUT2D eigenvalue weighted by molar-refractivity contribution is 5.91. The number of amides is 1. The van der Waals surface area contributed by atoms with Crippen LogP contribution in [0.3, 0.4) is 0 Å². The van der Waals surface area contributed by atoms with Crippen LogP contribution in [0, 0.1) is 13.8 Å². The lowest BCUT2D eigenvalue weighted by Crippen LogP contribution is -2.35. The third-order valence-corrected chi connectivity index (χ3v) is 4.87. The van der Waals surface area contributed by atoms with Crippen molar-refractivity contribution in [3.05, 3.63) is 89.2 Å². The molecule has 0 aliphatic heterocycles. The van der Waals surface area contributed by atoms with Gasteiger partial charge in [0.05, 0.1) is 17.7 Å². The van der Waals surface area contributed by atoms with Crippen LogP contribution in [-0.4, -0.2) is 16.3 Å². The third-order valence-electron chi connectivity index (χ3n) is 4.87. The molecule has 0 saturated carbocycles. The maximum absolute atomic E-state index is 12.8. The van der Waals surface area contributed by atoms with Crippen LogP contribution in [0.5, 0.6) is 0 Å². The highest BCUT2D eigenvalue weighted by Crippen LogP contribution is 2.30. The molecule has 178 valence electrons. The molecule has 7 nitrogen and oxygen atoms in total. The summed E-state index contributed by atoms with van der Waals surface area (Å²) < 4.78 is 50.4. The summed E-state index contributed by atoms with van der Waals surface area (Å²) in [6.07, 6.45) is 2.43. The number of hydrogen-bond acceptors (Lipinski definition) is 5. The Morgan fingerprint density at radius 2 is 2.00 bits per heavy atom. The van der Waals surface area contributed by atoms with Crippen LogP contribution >= 0.6 is 0 Å². The van der Waals surface area contributed by atoms with Crippen molar-refractivity contribution in [2.45, 2.75) is 39.9 Å². The molecule has 2 heterocycles. The van der Waals surface area contributed by atoms with Crippen molar-refractivity contribution >= 4 is 17.2 Å². The van der Waals surface area contributed by atoms with E-state index in [1.165, 1.54) is 16.8 Å². The van der Waals surface area contributed by atoms with Crippen LogP contribution in [0.1, 0.15) is 35.3 Å². The Bertz CT molecular complexity index is 1230. The Balaban J connectivity index is 1.62. The first-order valence-electron chi connectivity index (χ1n) is 10.3. The highest BCUT2D eigenvalue weighted by atomic mass is 19.4. The van der Waals surface area contributed by atoms with Crippen LogP contribution in [0.25, 0.3) is 5.57 Å². The van der Waals surface area contributed by atoms with Crippen molar-refractivity contribution in [2.75, 3.05) is 5.32 Å². The second-order valence-electron chi connectivity index (χ2n) is 7.71. The number of anilines is 1. The monoisotopic (exact) mass is 473 g/mol. The second-order valence-corrected chi connectivity index (χ2v) is 7.71. The molecule has 0 aliphatic rings. The summed E-state index contributed by atoms with van der Waals surface area (Å²) >= 11 is 0. The van der Waals surface area contributed by atoms with Gasteiger partial charge in [0, 0.05) is 11.3 Å². The molecule has 1 amide bonds. The van der Waals surface area contributed by atoms with Crippen molar-refractivity contribution in [1.82, 2.24) is 10.4 Å². The van der Waals surface area contributed by atoms with Gasteiger partial charge in [0.1, 0.15) is 5.76 Å². The predicted molar refractivity (Wildman–Crippen MR) is 118 cm³/mol. The molecule has 0 aliphatic carbocycles. The minimum Gasteiger partial charge on any atom is -0.361 e. The first kappa shape index (κ1) is 24.7. The van der Waals surface area contributed by atoms with E-state index in [2.05, 4.69) is 22.3 Å². The van der Waals surface area contributed by atoms with Crippen molar-refractivity contribution in [3.63, 3.8) is 0 Å². The van der Waals surface area contributed by atoms with Crippen molar-refractivity contribution in [2.24, 2.45) is 0 Å². The van der Waals surface area contributed by atoms with E-state index in [1.807, 2.05) is 32.9 Å². The van der Waals surface area contributed by atoms with Gasteiger partial charge in [-0.15, -0.1) is 0 Å². The van der Waals surface area contributed by atoms with Crippen LogP contribution in [0.2, 0.25) is 0 Å². The Kier molecular flexibility index (Phi) is 7.50. The number of hydrogen-bond donors (Lipinski definition) is 1. The summed E-state index contributed by atoms with van der Waals surface area (Å²) in [6, 6.07) is 4.43. The molecule has 0 unspecified atom stereocenters. The minimum atomic E-state index is -4.49. The Morgan fingerprint density at radius 3 is 2.65 bits per heavy atom. The summed E-state index contributed by atoms with van der Waals surface area (Å²) in [7, 11) is 0. The quantitative estimate of drug-likeness (QED) is 0.368. The number of nitrogens with zero attached hydrogens (tertiary/aromatic N) is 3. The van der Waals surface area contributed by atoms with E-state index in [9.17, 15) is 18.0 Å². The summed E-state index contributed by atoms with van der Waals surface area (Å²) in [5.41, 5.74) is 2.69. The minimum absolute atomic E-state index is 0.0501. The van der Waals surface area contributed by atoms with E-state index in [0.717, 1.165) is 34.5 Å². The summed E-state index contributed by atoms with van der Waals surface area (Å²) in [5.74, 6) is 0.455. The van der Waals surface area contributed by atoms with Gasteiger partial charge in [0.25, 0.3) is 0 Å². The van der Waals surface area contributed by atoms with Crippen molar-refractivity contribution in [1.29, 1.82) is 0 Å². The van der Waals surface area contributed by atoms with Crippen molar-refractivity contribution in [3.8, 4) is 0 Å². The fourth-order valence-electron chi connectivity index (χ4n) is 3.30. The zero-order valence-corrected chi connectivity index (χ0v) is 18.9. The maximum atomic E-state index is 12.8. The zero-order chi connectivity index (χ0) is 24.9. The Labute approximate surface area is 194 Å². The molecule has 0 fully saturated rings. The number of aromatic nitrogens is 3. The number of allylic oxidation sites excluding steroid dienone is 5. The SMILES string of the molecule is C=C/C(=C\C=C(/C)C[n+]1cc(CC(=O)Nc2cccc(C(F)(F)F)c2)on1)c1c(C)noc1C. The largest absolute Gasteiger partial charge is 0.416 e. The molecule has 2 aromatic heterocycles. The van der Waals surface area contributed by atoms with Gasteiger partial charge in [-0.05, 0) is 54.8 Å². The van der Waals surface area contributed by atoms with E-state index in [0.29, 0.717) is 12.3 Å². The van der Waals surface area contributed by atoms with Crippen LogP contribution in [0.4, 0.5) is 18.9 Å². The molecule has 0 bridgehead atoms. The highest BCUT2D eigenvalue weighted by Gasteiger charge is 2.30. The molecule has 0 radical (unpaired) electrons. The molecule has 0 spiro atoms. The number of carbonyl (C=O) groups is 1. The number of halogens is 3. The lowest BCUT2D eigenvalue weighted by atomic mass is 10.0. The Hall–Kier alpha value is -3.95. The molecule has 3 rings (SSSR count). The van der Waals surface area contributed by atoms with Crippen LogP contribution in [-0.2, 0) is 23.9 Å². The normalized spacial score (nSPS) is 12.6. The van der Waals surface area contributed by atoms with Gasteiger partial charge in [-0.1, -0.05) is 36.0 Å². The van der Waals surface area contributed by atoms with Gasteiger partial charge >= 0.3 is 6.18 Å². The first-order chi connectivity index (χ1) is 16.1. The maximum Gasteiger partial charge on any atom is 0.416 e. The molecule has 1 aromatic carbocycles. The molecule has 0 atom stereocenters. The van der Waals surface area contributed by atoms with E-state index < -0.39 is 17.6 Å². The zero-order valence-electron chi connectivity index (χ0n) is 18.9. The molecule has 3 aromatic rings. The number of nitrogens with one attached hydrogen (secondary N) is 1. The standard InChI is InChI=1S/C24H23F3N4O3/c1-5-18(23-16(3)29-33-17(23)4)10-9-15(2)13-31-14-21(34-30-31)12-22(32)28-20-8-6-7-19(11-20)24(25,26)27/h5-11,14H,1,12-13H2,2-4H3/p+1/b15-9+,18-10+. The molecule has 1 N–H and O–H groups in total. The lowest BCUT2D eigenvalue weighted by molar-refractivity contribution is -0.755. The van der Waals surface area contributed by atoms with E-state index in [-0.39, 0.29) is 17.9 Å². The second kappa shape index (κ2) is 10.3. The fraction of sp³-hybridized carbons (Fsp3) is 0.250. The van der Waals surface area contributed by atoms with Gasteiger partial charge < -0.3 is 14.4 Å². The van der Waals surface area contributed by atoms with E-state index in [1.54, 1.807) is 12.3 Å². The van der Waals surface area contributed by atoms with Gasteiger partial charge in [-0.2, -0.15) is 13.2 Å². The van der Waals surface area contributed by atoms with Gasteiger partial charge in [0.2, 0.25) is 17.9 Å². The number of aryl methyl sites for hydroxylation is 2. The van der Waals surface area contributed by atoms with E-state index in [4.69, 9.17) is 9.05 Å². The molecule has 34 heavy (non-hydrogen) atoms. The summed E-state index contributed by atoms with van der Waals surface area (Å²) in [5, 5.41) is 10.3. The number of benzene rings is 1. The number of carbonyl (C=O) groups excluding carboxylic acids is 1. The average Bonchev–Trinajstić information content (AvgIpc) is 3.34. The molecular weight excluding hydrogens is 449 g/mol. The molecule has 0 saturated heterocycles. The summed E-state index contributed by atoms with van der Waals surface area (Å²) in [6.45, 7) is 9.85. The number of alkyl halides is 3.